The van der Waals surface area contributed by atoms with Crippen molar-refractivity contribution in [2.45, 2.75) is 31.4 Å². The number of halogens is 2. The van der Waals surface area contributed by atoms with E-state index >= 15 is 0 Å². The van der Waals surface area contributed by atoms with Crippen molar-refractivity contribution >= 4 is 22.0 Å². The Morgan fingerprint density at radius 1 is 1.30 bits per heavy atom. The maximum absolute atomic E-state index is 14.2. The quantitative estimate of drug-likeness (QED) is 0.539. The molecule has 0 saturated carbocycles. The van der Waals surface area contributed by atoms with Crippen molar-refractivity contribution in [2.24, 2.45) is 0 Å². The highest BCUT2D eigenvalue weighted by atomic mass is 79.9. The molecule has 2 N–H and O–H groups in total. The van der Waals surface area contributed by atoms with Crippen LogP contribution in [0, 0.1) is 5.82 Å². The summed E-state index contributed by atoms with van der Waals surface area (Å²) in [5.41, 5.74) is -0.550. The van der Waals surface area contributed by atoms with Crippen LogP contribution in [0.25, 0.3) is 0 Å². The predicted molar refractivity (Wildman–Crippen MR) is 107 cm³/mol. The van der Waals surface area contributed by atoms with Gasteiger partial charge in [-0.15, -0.1) is 6.58 Å². The smallest absolute Gasteiger partial charge is 0.407 e. The lowest BCUT2D eigenvalue weighted by Gasteiger charge is -2.33. The van der Waals surface area contributed by atoms with Crippen molar-refractivity contribution in [1.82, 2.24) is 4.90 Å². The highest BCUT2D eigenvalue weighted by Crippen LogP contribution is 2.33. The molecular weight excluding hydrogens is 413 g/mol. The van der Waals surface area contributed by atoms with Gasteiger partial charge in [0, 0.05) is 16.6 Å². The molecule has 2 rings (SSSR count). The van der Waals surface area contributed by atoms with E-state index in [0.717, 1.165) is 10.0 Å². The summed E-state index contributed by atoms with van der Waals surface area (Å²) in [6.07, 6.45) is 0.580. The maximum atomic E-state index is 14.2. The lowest BCUT2D eigenvalue weighted by atomic mass is 9.86. The van der Waals surface area contributed by atoms with Crippen LogP contribution in [0.3, 0.4) is 0 Å². The molecule has 0 aromatic heterocycles. The molecule has 0 radical (unpaired) electrons. The molecule has 0 fully saturated rings. The van der Waals surface area contributed by atoms with Gasteiger partial charge >= 0.3 is 6.09 Å². The Hall–Kier alpha value is -2.18. The average Bonchev–Trinajstić information content (AvgIpc) is 2.62. The first kappa shape index (κ1) is 21.1. The standard InChI is InChI=1S/C21H23BrFNO3/c1-3-12-21(27,18-6-4-5-7-19(18)23)13-14-24(20(25)26)15(2)16-8-10-17(22)11-9-16/h3-11,15,27H,1,12-14H2,2H3,(H,25,26)/t15-,21?/m0/s1. The molecule has 1 unspecified atom stereocenters. The third-order valence-electron chi connectivity index (χ3n) is 4.69. The van der Waals surface area contributed by atoms with Gasteiger partial charge in [-0.1, -0.05) is 52.3 Å². The normalized spacial score (nSPS) is 14.2. The first-order chi connectivity index (χ1) is 12.8. The molecule has 0 aliphatic rings. The summed E-state index contributed by atoms with van der Waals surface area (Å²) in [5, 5.41) is 20.7. The fourth-order valence-corrected chi connectivity index (χ4v) is 3.37. The van der Waals surface area contributed by atoms with Gasteiger partial charge < -0.3 is 15.1 Å². The first-order valence-corrected chi connectivity index (χ1v) is 9.41. The van der Waals surface area contributed by atoms with Gasteiger partial charge in [-0.3, -0.25) is 0 Å². The Labute approximate surface area is 167 Å². The Morgan fingerprint density at radius 3 is 2.48 bits per heavy atom. The minimum absolute atomic E-state index is 0.0469. The SMILES string of the molecule is C=CCC(O)(CCN(C(=O)O)[C@@H](C)c1ccc(Br)cc1)c1ccccc1F. The molecule has 2 atom stereocenters. The van der Waals surface area contributed by atoms with Crippen LogP contribution in [0.5, 0.6) is 0 Å². The van der Waals surface area contributed by atoms with Gasteiger partial charge in [-0.2, -0.15) is 0 Å². The van der Waals surface area contributed by atoms with E-state index in [-0.39, 0.29) is 24.9 Å². The highest BCUT2D eigenvalue weighted by molar-refractivity contribution is 9.10. The second-order valence-electron chi connectivity index (χ2n) is 6.46. The van der Waals surface area contributed by atoms with Crippen LogP contribution in [0.4, 0.5) is 9.18 Å². The lowest BCUT2D eigenvalue weighted by Crippen LogP contribution is -2.38. The molecule has 6 heteroatoms. The van der Waals surface area contributed by atoms with Crippen LogP contribution in [-0.2, 0) is 5.60 Å². The van der Waals surface area contributed by atoms with E-state index in [1.54, 1.807) is 19.1 Å². The zero-order chi connectivity index (χ0) is 20.0. The van der Waals surface area contributed by atoms with Gasteiger partial charge in [0.1, 0.15) is 5.82 Å². The second kappa shape index (κ2) is 9.15. The maximum Gasteiger partial charge on any atom is 0.407 e. The molecule has 0 aliphatic carbocycles. The number of carboxylic acid groups (broad SMARTS) is 1. The van der Waals surface area contributed by atoms with Crippen LogP contribution < -0.4 is 0 Å². The minimum Gasteiger partial charge on any atom is -0.465 e. The third-order valence-corrected chi connectivity index (χ3v) is 5.22. The van der Waals surface area contributed by atoms with Crippen LogP contribution >= 0.6 is 15.9 Å². The fraction of sp³-hybridized carbons (Fsp3) is 0.286. The second-order valence-corrected chi connectivity index (χ2v) is 7.37. The first-order valence-electron chi connectivity index (χ1n) is 8.62. The molecule has 0 bridgehead atoms. The molecule has 144 valence electrons. The number of benzene rings is 2. The molecule has 27 heavy (non-hydrogen) atoms. The summed E-state index contributed by atoms with van der Waals surface area (Å²) in [6, 6.07) is 13.0. The lowest BCUT2D eigenvalue weighted by molar-refractivity contribution is 0.0144. The van der Waals surface area contributed by atoms with E-state index in [2.05, 4.69) is 22.5 Å². The van der Waals surface area contributed by atoms with E-state index in [4.69, 9.17) is 0 Å². The highest BCUT2D eigenvalue weighted by Gasteiger charge is 2.33. The summed E-state index contributed by atoms with van der Waals surface area (Å²) in [5.74, 6) is -0.523. The van der Waals surface area contributed by atoms with Gasteiger partial charge in [0.2, 0.25) is 0 Å². The Kier molecular flexibility index (Phi) is 7.16. The van der Waals surface area contributed by atoms with Crippen LogP contribution in [0.15, 0.2) is 65.7 Å². The van der Waals surface area contributed by atoms with E-state index in [9.17, 15) is 19.4 Å². The topological polar surface area (TPSA) is 60.8 Å². The fourth-order valence-electron chi connectivity index (χ4n) is 3.11. The summed E-state index contributed by atoms with van der Waals surface area (Å²) in [7, 11) is 0. The van der Waals surface area contributed by atoms with Gasteiger partial charge in [-0.05, 0) is 43.5 Å². The van der Waals surface area contributed by atoms with E-state index in [0.29, 0.717) is 0 Å². The van der Waals surface area contributed by atoms with Crippen molar-refractivity contribution in [3.63, 3.8) is 0 Å². The molecule has 2 aromatic rings. The van der Waals surface area contributed by atoms with E-state index in [1.807, 2.05) is 24.3 Å². The largest absolute Gasteiger partial charge is 0.465 e. The van der Waals surface area contributed by atoms with Gasteiger partial charge in [-0.25, -0.2) is 9.18 Å². The van der Waals surface area contributed by atoms with Gasteiger partial charge in [0.15, 0.2) is 0 Å². The van der Waals surface area contributed by atoms with Gasteiger partial charge in [0.05, 0.1) is 11.6 Å². The molecule has 0 spiro atoms. The van der Waals surface area contributed by atoms with Crippen molar-refractivity contribution in [3.8, 4) is 0 Å². The number of rotatable bonds is 8. The minimum atomic E-state index is -1.53. The zero-order valence-corrected chi connectivity index (χ0v) is 16.7. The molecule has 2 aromatic carbocycles. The Balaban J connectivity index is 2.24. The number of hydrogen-bond acceptors (Lipinski definition) is 2. The van der Waals surface area contributed by atoms with Crippen molar-refractivity contribution < 1.29 is 19.4 Å². The third kappa shape index (κ3) is 5.17. The molecule has 0 aliphatic heterocycles. The average molecular weight is 436 g/mol. The number of hydrogen-bond donors (Lipinski definition) is 2. The Morgan fingerprint density at radius 2 is 1.93 bits per heavy atom. The summed E-state index contributed by atoms with van der Waals surface area (Å²) >= 11 is 3.36. The van der Waals surface area contributed by atoms with Crippen molar-refractivity contribution in [2.75, 3.05) is 6.54 Å². The number of aliphatic hydroxyl groups is 1. The number of amides is 1. The number of nitrogens with zero attached hydrogens (tertiary/aromatic N) is 1. The number of carbonyl (C=O) groups is 1. The molecule has 1 amide bonds. The molecule has 4 nitrogen and oxygen atoms in total. The summed E-state index contributed by atoms with van der Waals surface area (Å²) in [4.78, 5) is 13.0. The van der Waals surface area contributed by atoms with Crippen LogP contribution in [-0.4, -0.2) is 27.8 Å². The monoisotopic (exact) mass is 435 g/mol. The van der Waals surface area contributed by atoms with Crippen LogP contribution in [0.2, 0.25) is 0 Å². The summed E-state index contributed by atoms with van der Waals surface area (Å²) in [6.45, 7) is 5.47. The van der Waals surface area contributed by atoms with E-state index < -0.39 is 23.6 Å². The zero-order valence-electron chi connectivity index (χ0n) is 15.1. The van der Waals surface area contributed by atoms with Crippen LogP contribution in [0.1, 0.15) is 36.9 Å². The van der Waals surface area contributed by atoms with Crippen molar-refractivity contribution in [3.05, 3.63) is 82.6 Å². The molecular formula is C21H23BrFNO3. The predicted octanol–water partition coefficient (Wildman–Crippen LogP) is 5.48. The Bertz CT molecular complexity index is 796. The summed E-state index contributed by atoms with van der Waals surface area (Å²) < 4.78 is 15.1. The van der Waals surface area contributed by atoms with E-state index in [1.165, 1.54) is 23.1 Å². The van der Waals surface area contributed by atoms with Gasteiger partial charge in [0.25, 0.3) is 0 Å². The van der Waals surface area contributed by atoms with Crippen molar-refractivity contribution in [1.29, 1.82) is 0 Å². The molecule has 0 heterocycles. The molecule has 0 saturated heterocycles.